The van der Waals surface area contributed by atoms with Crippen molar-refractivity contribution in [2.45, 2.75) is 52.0 Å². The molecule has 1 unspecified atom stereocenters. The second-order valence-electron chi connectivity index (χ2n) is 4.29. The largest absolute Gasteiger partial charge is 0.746 e. The van der Waals surface area contributed by atoms with Crippen molar-refractivity contribution in [1.29, 1.82) is 0 Å². The highest BCUT2D eigenvalue weighted by Crippen LogP contribution is 2.08. The molecular formula is C14H25NO4S. The Morgan fingerprint density at radius 1 is 1.10 bits per heavy atom. The number of hydrogen-bond acceptors (Lipinski definition) is 4. The smallest absolute Gasteiger partial charge is 0.168 e. The predicted molar refractivity (Wildman–Crippen MR) is 76.9 cm³/mol. The summed E-state index contributed by atoms with van der Waals surface area (Å²) in [6, 6.07) is 6.08. The first-order chi connectivity index (χ1) is 9.45. The molecule has 1 aromatic heterocycles. The van der Waals surface area contributed by atoms with Crippen molar-refractivity contribution in [1.82, 2.24) is 0 Å². The fraction of sp³-hybridized carbons (Fsp3) is 0.643. The number of nitrogens with zero attached hydrogens (tertiary/aromatic N) is 1. The Morgan fingerprint density at radius 3 is 2.05 bits per heavy atom. The minimum absolute atomic E-state index is 0.284. The van der Waals surface area contributed by atoms with Crippen molar-refractivity contribution in [3.63, 3.8) is 0 Å². The molecule has 116 valence electrons. The van der Waals surface area contributed by atoms with E-state index < -0.39 is 15.6 Å². The van der Waals surface area contributed by atoms with Gasteiger partial charge in [-0.3, -0.25) is 0 Å². The van der Waals surface area contributed by atoms with Crippen molar-refractivity contribution < 1.29 is 22.3 Å². The minimum Gasteiger partial charge on any atom is -0.746 e. The first-order valence-corrected chi connectivity index (χ1v) is 8.43. The van der Waals surface area contributed by atoms with Crippen LogP contribution in [0.4, 0.5) is 0 Å². The van der Waals surface area contributed by atoms with Gasteiger partial charge in [-0.25, -0.2) is 13.0 Å². The average Bonchev–Trinajstić information content (AvgIpc) is 2.44. The first kappa shape index (κ1) is 19.0. The molecule has 0 aromatic carbocycles. The summed E-state index contributed by atoms with van der Waals surface area (Å²) >= 11 is 0. The molecule has 0 spiro atoms. The Balaban J connectivity index is 0.000000388. The van der Waals surface area contributed by atoms with E-state index in [9.17, 15) is 13.0 Å². The van der Waals surface area contributed by atoms with E-state index in [0.29, 0.717) is 13.0 Å². The van der Waals surface area contributed by atoms with Crippen LogP contribution in [0.25, 0.3) is 0 Å². The van der Waals surface area contributed by atoms with Gasteiger partial charge in [0.1, 0.15) is 22.1 Å². The lowest BCUT2D eigenvalue weighted by atomic mass is 10.3. The fourth-order valence-electron chi connectivity index (χ4n) is 1.44. The highest BCUT2D eigenvalue weighted by atomic mass is 32.2. The average molecular weight is 303 g/mol. The van der Waals surface area contributed by atoms with Gasteiger partial charge in [0, 0.05) is 18.7 Å². The van der Waals surface area contributed by atoms with Gasteiger partial charge in [-0.1, -0.05) is 26.3 Å². The summed E-state index contributed by atoms with van der Waals surface area (Å²) < 4.78 is 38.7. The van der Waals surface area contributed by atoms with Crippen molar-refractivity contribution in [2.75, 3.05) is 6.61 Å². The molecule has 0 saturated heterocycles. The zero-order valence-corrected chi connectivity index (χ0v) is 13.3. The van der Waals surface area contributed by atoms with E-state index in [1.165, 1.54) is 0 Å². The molecule has 1 atom stereocenters. The normalized spacial score (nSPS) is 12.4. The third kappa shape index (κ3) is 9.01. The summed E-state index contributed by atoms with van der Waals surface area (Å²) in [4.78, 5) is 0. The summed E-state index contributed by atoms with van der Waals surface area (Å²) in [5.41, 5.74) is -1.15. The molecule has 0 aliphatic carbocycles. The predicted octanol–water partition coefficient (Wildman–Crippen LogP) is 2.08. The van der Waals surface area contributed by atoms with Crippen molar-refractivity contribution >= 4 is 10.1 Å². The number of aryl methyl sites for hydroxylation is 1. The third-order valence-corrected chi connectivity index (χ3v) is 3.51. The number of hydrogen-bond donors (Lipinski definition) is 0. The Kier molecular flexibility index (Phi) is 10.2. The summed E-state index contributed by atoms with van der Waals surface area (Å²) in [6.45, 7) is 7.18. The van der Waals surface area contributed by atoms with Crippen LogP contribution in [0.5, 0.6) is 0 Å². The molecule has 0 fully saturated rings. The Bertz CT molecular complexity index is 434. The van der Waals surface area contributed by atoms with Gasteiger partial charge in [-0.2, -0.15) is 0 Å². The Hall–Kier alpha value is -0.980. The fourth-order valence-corrected chi connectivity index (χ4v) is 2.23. The Labute approximate surface area is 122 Å². The molecule has 0 bridgehead atoms. The van der Waals surface area contributed by atoms with Gasteiger partial charge in [0.05, 0.1) is 0 Å². The zero-order valence-electron chi connectivity index (χ0n) is 12.5. The van der Waals surface area contributed by atoms with Gasteiger partial charge >= 0.3 is 0 Å². The maximum absolute atomic E-state index is 10.5. The van der Waals surface area contributed by atoms with E-state index >= 15 is 0 Å². The molecule has 20 heavy (non-hydrogen) atoms. The van der Waals surface area contributed by atoms with Gasteiger partial charge in [0.15, 0.2) is 12.4 Å². The number of pyridine rings is 1. The van der Waals surface area contributed by atoms with Gasteiger partial charge < -0.3 is 9.29 Å². The molecule has 1 aromatic rings. The van der Waals surface area contributed by atoms with Crippen LogP contribution in [-0.4, -0.2) is 25.0 Å². The van der Waals surface area contributed by atoms with Crippen molar-refractivity contribution in [2.24, 2.45) is 0 Å². The van der Waals surface area contributed by atoms with E-state index in [2.05, 4.69) is 23.9 Å². The summed E-state index contributed by atoms with van der Waals surface area (Å²) in [5, 5.41) is 0. The van der Waals surface area contributed by atoms with Crippen LogP contribution in [-0.2, 0) is 21.4 Å². The molecule has 6 heteroatoms. The lowest BCUT2D eigenvalue weighted by Crippen LogP contribution is -2.30. The summed E-state index contributed by atoms with van der Waals surface area (Å²) in [7, 11) is -4.27. The number of aromatic nitrogens is 1. The number of rotatable bonds is 7. The maximum atomic E-state index is 10.5. The van der Waals surface area contributed by atoms with Crippen LogP contribution in [0.2, 0.25) is 0 Å². The van der Waals surface area contributed by atoms with E-state index in [1.54, 1.807) is 0 Å². The van der Waals surface area contributed by atoms with Crippen LogP contribution in [0.15, 0.2) is 30.6 Å². The highest BCUT2D eigenvalue weighted by Gasteiger charge is 2.14. The lowest BCUT2D eigenvalue weighted by molar-refractivity contribution is -0.693. The summed E-state index contributed by atoms with van der Waals surface area (Å²) in [5.74, 6) is 0. The van der Waals surface area contributed by atoms with Gasteiger partial charge in [0.2, 0.25) is 0 Å². The molecule has 0 aliphatic rings. The Morgan fingerprint density at radius 2 is 1.70 bits per heavy atom. The number of ether oxygens (including phenoxy) is 1. The molecular weight excluding hydrogens is 278 g/mol. The lowest BCUT2D eigenvalue weighted by Gasteiger charge is -2.19. The van der Waals surface area contributed by atoms with E-state index in [4.69, 9.17) is 4.74 Å². The zero-order chi connectivity index (χ0) is 15.4. The molecule has 1 heterocycles. The maximum Gasteiger partial charge on any atom is 0.168 e. The molecule has 0 saturated carbocycles. The van der Waals surface area contributed by atoms with Gasteiger partial charge in [-0.15, -0.1) is 0 Å². The van der Waals surface area contributed by atoms with Gasteiger partial charge in [-0.05, 0) is 19.8 Å². The monoisotopic (exact) mass is 303 g/mol. The van der Waals surface area contributed by atoms with E-state index in [0.717, 1.165) is 13.0 Å². The molecule has 0 amide bonds. The first-order valence-electron chi connectivity index (χ1n) is 6.96. The molecule has 0 N–H and O–H groups in total. The molecule has 0 aliphatic heterocycles. The van der Waals surface area contributed by atoms with Crippen LogP contribution in [0.1, 0.15) is 40.0 Å². The highest BCUT2D eigenvalue weighted by molar-refractivity contribution is 7.86. The van der Waals surface area contributed by atoms with Crippen LogP contribution >= 0.6 is 0 Å². The quantitative estimate of drug-likeness (QED) is 0.571. The summed E-state index contributed by atoms with van der Waals surface area (Å²) in [6.07, 6.45) is 5.75. The molecule has 1 rings (SSSR count). The van der Waals surface area contributed by atoms with Crippen molar-refractivity contribution in [3.05, 3.63) is 30.6 Å². The van der Waals surface area contributed by atoms with E-state index in [-0.39, 0.29) is 6.42 Å². The third-order valence-electron chi connectivity index (χ3n) is 2.50. The van der Waals surface area contributed by atoms with E-state index in [1.807, 2.05) is 32.0 Å². The van der Waals surface area contributed by atoms with Gasteiger partial charge in [0.25, 0.3) is 0 Å². The second-order valence-corrected chi connectivity index (χ2v) is 5.80. The van der Waals surface area contributed by atoms with Crippen molar-refractivity contribution in [3.8, 4) is 0 Å². The molecule has 5 nitrogen and oxygen atoms in total. The van der Waals surface area contributed by atoms with Crippen LogP contribution < -0.4 is 4.57 Å². The topological polar surface area (TPSA) is 70.3 Å². The standard InChI is InChI=1S/C7H10N.C7H16O4S/c1-2-8-6-4-3-5-7-8;1-3-5-7(11-6-4-2)12(8,9)10/h3-7H,2H2,1H3;7H,3-6H2,1-2H3,(H,8,9,10)/q+1;/p-1. The van der Waals surface area contributed by atoms with Crippen LogP contribution in [0, 0.1) is 0 Å². The minimum atomic E-state index is -4.27. The molecule has 0 radical (unpaired) electrons. The second kappa shape index (κ2) is 10.8. The SMILES string of the molecule is CCCOC(CCC)S(=O)(=O)[O-].CC[n+]1ccccc1. The van der Waals surface area contributed by atoms with Crippen LogP contribution in [0.3, 0.4) is 0 Å².